The maximum absolute atomic E-state index is 12.0. The molecule has 4 rings (SSSR count). The molecule has 1 aliphatic heterocycles. The van der Waals surface area contributed by atoms with Gasteiger partial charge in [-0.1, -0.05) is 42.5 Å². The molecule has 0 aliphatic carbocycles. The summed E-state index contributed by atoms with van der Waals surface area (Å²) in [5, 5.41) is 0. The molecule has 0 N–H and O–H groups in total. The highest BCUT2D eigenvalue weighted by Crippen LogP contribution is 2.22. The Balaban J connectivity index is 1.51. The van der Waals surface area contributed by atoms with Gasteiger partial charge in [-0.25, -0.2) is 9.79 Å². The quantitative estimate of drug-likeness (QED) is 0.513. The van der Waals surface area contributed by atoms with Crippen LogP contribution >= 0.6 is 0 Å². The summed E-state index contributed by atoms with van der Waals surface area (Å²) in [6, 6.07) is 20.8. The Kier molecular flexibility index (Phi) is 4.35. The monoisotopic (exact) mass is 345 g/mol. The second kappa shape index (κ2) is 7.11. The minimum absolute atomic E-state index is 0.169. The first-order chi connectivity index (χ1) is 12.8. The van der Waals surface area contributed by atoms with Crippen molar-refractivity contribution in [2.45, 2.75) is 6.61 Å². The van der Waals surface area contributed by atoms with Crippen LogP contribution in [-0.4, -0.2) is 11.9 Å². The van der Waals surface area contributed by atoms with Crippen LogP contribution in [0.4, 0.5) is 0 Å². The number of hydrogen-bond donors (Lipinski definition) is 0. The van der Waals surface area contributed by atoms with Crippen molar-refractivity contribution in [3.8, 4) is 5.75 Å². The molecule has 1 aliphatic rings. The molecule has 26 heavy (non-hydrogen) atoms. The van der Waals surface area contributed by atoms with Crippen molar-refractivity contribution in [3.05, 3.63) is 95.6 Å². The third-order valence-electron chi connectivity index (χ3n) is 3.76. The summed E-state index contributed by atoms with van der Waals surface area (Å²) in [7, 11) is 0. The Morgan fingerprint density at radius 3 is 2.69 bits per heavy atom. The number of rotatable bonds is 5. The Labute approximate surface area is 150 Å². The number of esters is 1. The molecule has 0 spiro atoms. The van der Waals surface area contributed by atoms with E-state index in [0.717, 1.165) is 11.1 Å². The van der Waals surface area contributed by atoms with Gasteiger partial charge in [0.25, 0.3) is 5.90 Å². The van der Waals surface area contributed by atoms with Crippen LogP contribution in [0.3, 0.4) is 0 Å². The van der Waals surface area contributed by atoms with Crippen LogP contribution in [0.25, 0.3) is 6.08 Å². The Bertz CT molecular complexity index is 972. The fraction of sp³-hybridized carbons (Fsp3) is 0.0476. The SMILES string of the molecule is O=C1OC(c2ccco2)=NC1=Cc1cccc(OCc2ccccc2)c1. The normalized spacial score (nSPS) is 15.0. The molecule has 0 bridgehead atoms. The lowest BCUT2D eigenvalue weighted by Crippen LogP contribution is -2.04. The number of furan rings is 1. The third kappa shape index (κ3) is 3.57. The van der Waals surface area contributed by atoms with Gasteiger partial charge in [-0.05, 0) is 41.5 Å². The third-order valence-corrected chi connectivity index (χ3v) is 3.76. The molecule has 5 heteroatoms. The topological polar surface area (TPSA) is 61.0 Å². The summed E-state index contributed by atoms with van der Waals surface area (Å²) in [6.07, 6.45) is 3.16. The summed E-state index contributed by atoms with van der Waals surface area (Å²) in [6.45, 7) is 0.476. The molecule has 5 nitrogen and oxygen atoms in total. The molecule has 3 aromatic rings. The van der Waals surface area contributed by atoms with E-state index in [2.05, 4.69) is 4.99 Å². The summed E-state index contributed by atoms with van der Waals surface area (Å²) in [5.41, 5.74) is 2.10. The van der Waals surface area contributed by atoms with Gasteiger partial charge in [0, 0.05) is 0 Å². The van der Waals surface area contributed by atoms with Crippen molar-refractivity contribution >= 4 is 17.9 Å². The fourth-order valence-corrected chi connectivity index (χ4v) is 2.51. The van der Waals surface area contributed by atoms with E-state index in [9.17, 15) is 4.79 Å². The van der Waals surface area contributed by atoms with Gasteiger partial charge in [0.1, 0.15) is 12.4 Å². The first-order valence-electron chi connectivity index (χ1n) is 8.11. The molecule has 0 saturated carbocycles. The predicted octanol–water partition coefficient (Wildman–Crippen LogP) is 4.20. The first kappa shape index (κ1) is 15.9. The van der Waals surface area contributed by atoms with E-state index < -0.39 is 5.97 Å². The number of carbonyl (C=O) groups is 1. The van der Waals surface area contributed by atoms with Crippen LogP contribution in [0.2, 0.25) is 0 Å². The fourth-order valence-electron chi connectivity index (χ4n) is 2.51. The van der Waals surface area contributed by atoms with Crippen LogP contribution in [0.5, 0.6) is 5.75 Å². The van der Waals surface area contributed by atoms with Crippen molar-refractivity contribution < 1.29 is 18.7 Å². The van der Waals surface area contributed by atoms with E-state index in [1.54, 1.807) is 18.2 Å². The molecule has 0 unspecified atom stereocenters. The van der Waals surface area contributed by atoms with Gasteiger partial charge in [-0.2, -0.15) is 0 Å². The van der Waals surface area contributed by atoms with E-state index in [-0.39, 0.29) is 11.6 Å². The van der Waals surface area contributed by atoms with Crippen LogP contribution in [0.1, 0.15) is 16.9 Å². The molecule has 128 valence electrons. The molecule has 0 atom stereocenters. The molecule has 2 aromatic carbocycles. The average molecular weight is 345 g/mol. The minimum Gasteiger partial charge on any atom is -0.489 e. The Morgan fingerprint density at radius 2 is 1.88 bits per heavy atom. The lowest BCUT2D eigenvalue weighted by atomic mass is 10.2. The molecule has 0 amide bonds. The number of benzene rings is 2. The summed E-state index contributed by atoms with van der Waals surface area (Å²) in [5.74, 6) is 0.793. The zero-order valence-corrected chi connectivity index (χ0v) is 13.8. The van der Waals surface area contributed by atoms with Gasteiger partial charge in [0.05, 0.1) is 6.26 Å². The standard InChI is InChI=1S/C21H15NO4/c23-21-18(22-20(26-21)19-10-5-11-24-19)13-16-8-4-9-17(12-16)25-14-15-6-2-1-3-7-15/h1-13H,14H2. The van der Waals surface area contributed by atoms with Crippen molar-refractivity contribution in [2.24, 2.45) is 4.99 Å². The van der Waals surface area contributed by atoms with E-state index in [1.165, 1.54) is 6.26 Å². The zero-order chi connectivity index (χ0) is 17.8. The highest BCUT2D eigenvalue weighted by molar-refractivity contribution is 6.11. The lowest BCUT2D eigenvalue weighted by molar-refractivity contribution is -0.130. The maximum Gasteiger partial charge on any atom is 0.363 e. The van der Waals surface area contributed by atoms with E-state index in [4.69, 9.17) is 13.9 Å². The van der Waals surface area contributed by atoms with Gasteiger partial charge in [-0.3, -0.25) is 0 Å². The average Bonchev–Trinajstić information content (AvgIpc) is 3.32. The molecule has 0 saturated heterocycles. The highest BCUT2D eigenvalue weighted by Gasteiger charge is 2.25. The maximum atomic E-state index is 12.0. The highest BCUT2D eigenvalue weighted by atomic mass is 16.6. The molecular weight excluding hydrogens is 330 g/mol. The number of aliphatic imine (C=N–C) groups is 1. The van der Waals surface area contributed by atoms with Crippen LogP contribution in [-0.2, 0) is 16.1 Å². The van der Waals surface area contributed by atoms with Crippen molar-refractivity contribution in [1.29, 1.82) is 0 Å². The van der Waals surface area contributed by atoms with E-state index in [1.807, 2.05) is 54.6 Å². The largest absolute Gasteiger partial charge is 0.489 e. The number of carbonyl (C=O) groups excluding carboxylic acids is 1. The number of cyclic esters (lactones) is 1. The van der Waals surface area contributed by atoms with E-state index >= 15 is 0 Å². The summed E-state index contributed by atoms with van der Waals surface area (Å²) >= 11 is 0. The lowest BCUT2D eigenvalue weighted by Gasteiger charge is -2.07. The predicted molar refractivity (Wildman–Crippen MR) is 96.5 cm³/mol. The zero-order valence-electron chi connectivity index (χ0n) is 13.8. The smallest absolute Gasteiger partial charge is 0.363 e. The summed E-state index contributed by atoms with van der Waals surface area (Å²) in [4.78, 5) is 16.2. The van der Waals surface area contributed by atoms with Crippen LogP contribution in [0, 0.1) is 0 Å². The van der Waals surface area contributed by atoms with Crippen molar-refractivity contribution in [2.75, 3.05) is 0 Å². The second-order valence-electron chi connectivity index (χ2n) is 5.66. The van der Waals surface area contributed by atoms with Crippen LogP contribution in [0.15, 0.2) is 88.1 Å². The molecule has 2 heterocycles. The number of ether oxygens (including phenoxy) is 2. The molecular formula is C21H15NO4. The molecule has 0 radical (unpaired) electrons. The van der Waals surface area contributed by atoms with Crippen molar-refractivity contribution in [3.63, 3.8) is 0 Å². The van der Waals surface area contributed by atoms with Gasteiger partial charge in [0.2, 0.25) is 0 Å². The minimum atomic E-state index is -0.507. The molecule has 1 aromatic heterocycles. The van der Waals surface area contributed by atoms with Gasteiger partial charge in [0.15, 0.2) is 11.5 Å². The first-order valence-corrected chi connectivity index (χ1v) is 8.11. The Morgan fingerprint density at radius 1 is 1.00 bits per heavy atom. The molecule has 0 fully saturated rings. The van der Waals surface area contributed by atoms with Crippen molar-refractivity contribution in [1.82, 2.24) is 0 Å². The number of hydrogen-bond acceptors (Lipinski definition) is 5. The Hall–Kier alpha value is -3.60. The van der Waals surface area contributed by atoms with Crippen LogP contribution < -0.4 is 4.74 Å². The van der Waals surface area contributed by atoms with Gasteiger partial charge < -0.3 is 13.9 Å². The van der Waals surface area contributed by atoms with Gasteiger partial charge in [-0.15, -0.1) is 0 Å². The van der Waals surface area contributed by atoms with Gasteiger partial charge >= 0.3 is 5.97 Å². The van der Waals surface area contributed by atoms with E-state index in [0.29, 0.717) is 18.1 Å². The number of nitrogens with zero attached hydrogens (tertiary/aromatic N) is 1. The second-order valence-corrected chi connectivity index (χ2v) is 5.66. The summed E-state index contributed by atoms with van der Waals surface area (Å²) < 4.78 is 16.2.